The summed E-state index contributed by atoms with van der Waals surface area (Å²) in [6.45, 7) is 2.08. The van der Waals surface area contributed by atoms with Crippen molar-refractivity contribution in [2.24, 2.45) is 5.92 Å². The molecule has 0 saturated carbocycles. The minimum absolute atomic E-state index is 0.00871. The average molecular weight is 345 g/mol. The second-order valence-corrected chi connectivity index (χ2v) is 7.39. The van der Waals surface area contributed by atoms with Crippen LogP contribution in [0.25, 0.3) is 0 Å². The number of likely N-dealkylation sites (tertiary alicyclic amines) is 1. The molecule has 0 N–H and O–H groups in total. The summed E-state index contributed by atoms with van der Waals surface area (Å²) >= 11 is 0. The largest absolute Gasteiger partial charge is 0.375 e. The normalized spacial score (nSPS) is 22.6. The van der Waals surface area contributed by atoms with Gasteiger partial charge in [-0.2, -0.15) is 0 Å². The molecule has 136 valence electrons. The van der Waals surface area contributed by atoms with Gasteiger partial charge in [-0.15, -0.1) is 0 Å². The molecule has 1 unspecified atom stereocenters. The van der Waals surface area contributed by atoms with E-state index >= 15 is 0 Å². The van der Waals surface area contributed by atoms with E-state index in [0.717, 1.165) is 25.7 Å². The fourth-order valence-electron chi connectivity index (χ4n) is 3.85. The molecular formula is C19H27N3O3. The summed E-state index contributed by atoms with van der Waals surface area (Å²) in [5.74, 6) is 0.553. The first kappa shape index (κ1) is 17.9. The van der Waals surface area contributed by atoms with Gasteiger partial charge in [0.15, 0.2) is 0 Å². The molecule has 1 aromatic rings. The zero-order chi connectivity index (χ0) is 17.9. The van der Waals surface area contributed by atoms with Crippen molar-refractivity contribution < 1.29 is 14.3 Å². The molecule has 3 heterocycles. The van der Waals surface area contributed by atoms with Crippen molar-refractivity contribution in [1.29, 1.82) is 0 Å². The van der Waals surface area contributed by atoms with Crippen LogP contribution in [0.5, 0.6) is 0 Å². The fourth-order valence-corrected chi connectivity index (χ4v) is 3.85. The Morgan fingerprint density at radius 3 is 2.72 bits per heavy atom. The maximum Gasteiger partial charge on any atom is 0.272 e. The summed E-state index contributed by atoms with van der Waals surface area (Å²) in [7, 11) is 3.61. The van der Waals surface area contributed by atoms with Gasteiger partial charge in [0.05, 0.1) is 5.60 Å². The Morgan fingerprint density at radius 2 is 2.08 bits per heavy atom. The van der Waals surface area contributed by atoms with Gasteiger partial charge >= 0.3 is 0 Å². The van der Waals surface area contributed by atoms with E-state index in [9.17, 15) is 9.59 Å². The molecule has 1 atom stereocenters. The van der Waals surface area contributed by atoms with Crippen molar-refractivity contribution in [1.82, 2.24) is 14.8 Å². The van der Waals surface area contributed by atoms with Crippen molar-refractivity contribution in [2.45, 2.75) is 37.7 Å². The van der Waals surface area contributed by atoms with Gasteiger partial charge in [0.2, 0.25) is 5.91 Å². The first-order valence-electron chi connectivity index (χ1n) is 9.03. The van der Waals surface area contributed by atoms with Crippen molar-refractivity contribution in [3.63, 3.8) is 0 Å². The maximum absolute atomic E-state index is 12.5. The lowest BCUT2D eigenvalue weighted by atomic mass is 9.78. The van der Waals surface area contributed by atoms with Crippen LogP contribution in [0.4, 0.5) is 0 Å². The maximum atomic E-state index is 12.5. The number of amides is 2. The Bertz CT molecular complexity index is 610. The predicted octanol–water partition coefficient (Wildman–Crippen LogP) is 1.96. The van der Waals surface area contributed by atoms with E-state index in [-0.39, 0.29) is 17.4 Å². The number of hydrogen-bond acceptors (Lipinski definition) is 4. The number of ether oxygens (including phenoxy) is 1. The van der Waals surface area contributed by atoms with Crippen LogP contribution in [0.15, 0.2) is 24.4 Å². The predicted molar refractivity (Wildman–Crippen MR) is 94.1 cm³/mol. The minimum atomic E-state index is -0.170. The molecule has 1 spiro atoms. The second kappa shape index (κ2) is 7.52. The van der Waals surface area contributed by atoms with Gasteiger partial charge in [-0.3, -0.25) is 14.6 Å². The number of carbonyl (C=O) groups is 2. The van der Waals surface area contributed by atoms with Gasteiger partial charge in [0.1, 0.15) is 5.69 Å². The summed E-state index contributed by atoms with van der Waals surface area (Å²) in [5.41, 5.74) is 0.327. The van der Waals surface area contributed by atoms with E-state index in [1.165, 1.54) is 0 Å². The highest BCUT2D eigenvalue weighted by Crippen LogP contribution is 2.39. The molecule has 3 rings (SSSR count). The first-order chi connectivity index (χ1) is 12.0. The minimum Gasteiger partial charge on any atom is -0.375 e. The Hall–Kier alpha value is -1.95. The summed E-state index contributed by atoms with van der Waals surface area (Å²) in [5, 5.41) is 0. The van der Waals surface area contributed by atoms with Gasteiger partial charge in [0, 0.05) is 46.4 Å². The Kier molecular flexibility index (Phi) is 5.37. The van der Waals surface area contributed by atoms with E-state index in [2.05, 4.69) is 4.98 Å². The number of pyridine rings is 1. The molecule has 6 heteroatoms. The van der Waals surface area contributed by atoms with Crippen molar-refractivity contribution in [3.05, 3.63) is 30.1 Å². The number of nitrogens with zero attached hydrogens (tertiary/aromatic N) is 3. The van der Waals surface area contributed by atoms with Crippen LogP contribution < -0.4 is 0 Å². The van der Waals surface area contributed by atoms with Crippen molar-refractivity contribution in [3.8, 4) is 0 Å². The van der Waals surface area contributed by atoms with Crippen LogP contribution in [0.1, 0.15) is 42.6 Å². The summed E-state index contributed by atoms with van der Waals surface area (Å²) < 4.78 is 6.13. The smallest absolute Gasteiger partial charge is 0.272 e. The van der Waals surface area contributed by atoms with E-state index in [0.29, 0.717) is 37.7 Å². The molecule has 2 saturated heterocycles. The molecule has 0 aromatic carbocycles. The Balaban J connectivity index is 1.57. The summed E-state index contributed by atoms with van der Waals surface area (Å²) in [4.78, 5) is 32.2. The van der Waals surface area contributed by atoms with Gasteiger partial charge in [-0.25, -0.2) is 0 Å². The molecule has 0 radical (unpaired) electrons. The average Bonchev–Trinajstić information content (AvgIpc) is 2.62. The highest BCUT2D eigenvalue weighted by Gasteiger charge is 2.41. The molecule has 2 aliphatic rings. The topological polar surface area (TPSA) is 62.7 Å². The van der Waals surface area contributed by atoms with Gasteiger partial charge in [0.25, 0.3) is 5.91 Å². The number of piperidine rings is 1. The zero-order valence-electron chi connectivity index (χ0n) is 15.1. The van der Waals surface area contributed by atoms with Crippen molar-refractivity contribution >= 4 is 11.8 Å². The zero-order valence-corrected chi connectivity index (χ0v) is 15.1. The third kappa shape index (κ3) is 4.18. The molecule has 2 fully saturated rings. The Morgan fingerprint density at radius 1 is 1.32 bits per heavy atom. The van der Waals surface area contributed by atoms with Crippen molar-refractivity contribution in [2.75, 3.05) is 33.8 Å². The summed E-state index contributed by atoms with van der Waals surface area (Å²) in [6, 6.07) is 5.40. The van der Waals surface area contributed by atoms with Crippen LogP contribution >= 0.6 is 0 Å². The van der Waals surface area contributed by atoms with Crippen LogP contribution in [0, 0.1) is 5.92 Å². The lowest BCUT2D eigenvalue weighted by Gasteiger charge is -2.46. The summed E-state index contributed by atoms with van der Waals surface area (Å²) in [6.07, 6.45) is 5.76. The van der Waals surface area contributed by atoms with E-state index < -0.39 is 0 Å². The third-order valence-electron chi connectivity index (χ3n) is 5.40. The number of aromatic nitrogens is 1. The lowest BCUT2D eigenvalue weighted by Crippen LogP contribution is -2.51. The van der Waals surface area contributed by atoms with E-state index in [1.807, 2.05) is 17.0 Å². The highest BCUT2D eigenvalue weighted by atomic mass is 16.5. The molecule has 25 heavy (non-hydrogen) atoms. The van der Waals surface area contributed by atoms with Crippen LogP contribution in [-0.4, -0.2) is 66.0 Å². The quantitative estimate of drug-likeness (QED) is 0.840. The molecule has 2 aliphatic heterocycles. The first-order valence-corrected chi connectivity index (χ1v) is 9.03. The number of rotatable bonds is 3. The molecule has 6 nitrogen and oxygen atoms in total. The van der Waals surface area contributed by atoms with Crippen LogP contribution in [-0.2, 0) is 9.53 Å². The second-order valence-electron chi connectivity index (χ2n) is 7.39. The Labute approximate surface area is 149 Å². The monoisotopic (exact) mass is 345 g/mol. The van der Waals surface area contributed by atoms with Gasteiger partial charge in [-0.05, 0) is 43.7 Å². The molecule has 1 aromatic heterocycles. The van der Waals surface area contributed by atoms with Crippen LogP contribution in [0.2, 0.25) is 0 Å². The molecular weight excluding hydrogens is 318 g/mol. The van der Waals surface area contributed by atoms with Crippen LogP contribution in [0.3, 0.4) is 0 Å². The van der Waals surface area contributed by atoms with E-state index in [4.69, 9.17) is 4.74 Å². The number of hydrogen-bond donors (Lipinski definition) is 0. The highest BCUT2D eigenvalue weighted by molar-refractivity contribution is 5.92. The van der Waals surface area contributed by atoms with E-state index in [1.54, 1.807) is 31.3 Å². The lowest BCUT2D eigenvalue weighted by molar-refractivity contribution is -0.139. The van der Waals surface area contributed by atoms with Gasteiger partial charge in [-0.1, -0.05) is 6.07 Å². The molecule has 2 amide bonds. The third-order valence-corrected chi connectivity index (χ3v) is 5.40. The van der Waals surface area contributed by atoms with Gasteiger partial charge < -0.3 is 14.5 Å². The SMILES string of the molecule is CN(C)C(=O)CC1CCOC2(CCN(C(=O)c3ccccn3)CC2)C1. The number of carbonyl (C=O) groups excluding carboxylic acids is 2. The fraction of sp³-hybridized carbons (Fsp3) is 0.632. The standard InChI is InChI=1S/C19H27N3O3/c1-21(2)17(23)13-15-6-12-25-19(14-15)7-10-22(11-8-19)18(24)16-5-3-4-9-20-16/h3-5,9,15H,6-8,10-14H2,1-2H3. The molecule has 0 aliphatic carbocycles. The molecule has 0 bridgehead atoms.